The Morgan fingerprint density at radius 1 is 1.39 bits per heavy atom. The van der Waals surface area contributed by atoms with Crippen molar-refractivity contribution in [3.8, 4) is 0 Å². The minimum Gasteiger partial charge on any atom is -0.480 e. The second kappa shape index (κ2) is 7.55. The van der Waals surface area contributed by atoms with Crippen molar-refractivity contribution in [3.63, 3.8) is 0 Å². The molecule has 5 heteroatoms. The quantitative estimate of drug-likeness (QED) is 0.825. The van der Waals surface area contributed by atoms with Crippen molar-refractivity contribution in [2.75, 3.05) is 5.75 Å². The molecule has 0 fully saturated rings. The third-order valence-electron chi connectivity index (χ3n) is 2.09. The monoisotopic (exact) mass is 265 g/mol. The van der Waals surface area contributed by atoms with Crippen molar-refractivity contribution >= 4 is 29.7 Å². The fourth-order valence-electron chi connectivity index (χ4n) is 1.26. The van der Waals surface area contributed by atoms with E-state index in [-0.39, 0.29) is 5.91 Å². The van der Waals surface area contributed by atoms with Gasteiger partial charge in [0, 0.05) is 12.7 Å². The molecular weight excluding hydrogens is 250 g/mol. The zero-order valence-corrected chi connectivity index (χ0v) is 10.8. The molecule has 2 N–H and O–H groups in total. The molecule has 1 aromatic rings. The van der Waals surface area contributed by atoms with E-state index < -0.39 is 12.0 Å². The lowest BCUT2D eigenvalue weighted by atomic mass is 10.2. The van der Waals surface area contributed by atoms with Crippen molar-refractivity contribution in [3.05, 3.63) is 41.3 Å². The van der Waals surface area contributed by atoms with Crippen LogP contribution >= 0.6 is 11.8 Å². The molecule has 0 heterocycles. The van der Waals surface area contributed by atoms with Crippen molar-refractivity contribution < 1.29 is 14.7 Å². The number of carboxylic acid groups (broad SMARTS) is 1. The van der Waals surface area contributed by atoms with Crippen LogP contribution in [-0.2, 0) is 9.59 Å². The Morgan fingerprint density at radius 2 is 2.06 bits per heavy atom. The first kappa shape index (κ1) is 14.3. The van der Waals surface area contributed by atoms with Crippen LogP contribution in [0.2, 0.25) is 0 Å². The summed E-state index contributed by atoms with van der Waals surface area (Å²) in [6, 6.07) is 8.86. The smallest absolute Gasteiger partial charge is 0.327 e. The predicted molar refractivity (Wildman–Crippen MR) is 73.2 cm³/mol. The van der Waals surface area contributed by atoms with Crippen LogP contribution in [0.15, 0.2) is 35.7 Å². The van der Waals surface area contributed by atoms with Gasteiger partial charge in [-0.15, -0.1) is 11.8 Å². The van der Waals surface area contributed by atoms with Gasteiger partial charge in [0.2, 0.25) is 5.91 Å². The van der Waals surface area contributed by atoms with E-state index in [9.17, 15) is 9.59 Å². The third kappa shape index (κ3) is 5.54. The van der Waals surface area contributed by atoms with Crippen molar-refractivity contribution in [2.45, 2.75) is 13.0 Å². The highest BCUT2D eigenvalue weighted by atomic mass is 32.2. The number of carbonyl (C=O) groups excluding carboxylic acids is 1. The van der Waals surface area contributed by atoms with Crippen LogP contribution in [0, 0.1) is 0 Å². The van der Waals surface area contributed by atoms with E-state index in [2.05, 4.69) is 5.32 Å². The highest BCUT2D eigenvalue weighted by Crippen LogP contribution is 2.09. The first-order chi connectivity index (χ1) is 8.59. The van der Waals surface area contributed by atoms with E-state index in [0.717, 1.165) is 5.56 Å². The third-order valence-corrected chi connectivity index (χ3v) is 2.95. The molecule has 1 aromatic carbocycles. The largest absolute Gasteiger partial charge is 0.480 e. The van der Waals surface area contributed by atoms with Gasteiger partial charge in [-0.3, -0.25) is 4.79 Å². The number of hydrogen-bond donors (Lipinski definition) is 2. The van der Waals surface area contributed by atoms with Gasteiger partial charge in [-0.25, -0.2) is 4.79 Å². The van der Waals surface area contributed by atoms with Crippen molar-refractivity contribution in [1.29, 1.82) is 0 Å². The van der Waals surface area contributed by atoms with Crippen LogP contribution in [-0.4, -0.2) is 28.8 Å². The highest BCUT2D eigenvalue weighted by Gasteiger charge is 2.17. The molecule has 0 aliphatic rings. The van der Waals surface area contributed by atoms with Crippen LogP contribution in [0.4, 0.5) is 0 Å². The Morgan fingerprint density at radius 3 is 2.61 bits per heavy atom. The normalized spacial score (nSPS) is 12.3. The number of carbonyl (C=O) groups is 2. The number of hydrogen-bond acceptors (Lipinski definition) is 3. The van der Waals surface area contributed by atoms with E-state index >= 15 is 0 Å². The molecule has 0 aromatic heterocycles. The van der Waals surface area contributed by atoms with Gasteiger partial charge in [-0.2, -0.15) is 0 Å². The van der Waals surface area contributed by atoms with Crippen molar-refractivity contribution in [1.82, 2.24) is 5.32 Å². The maximum Gasteiger partial charge on any atom is 0.327 e. The number of thioether (sulfide) groups is 1. The lowest BCUT2D eigenvalue weighted by Crippen LogP contribution is -2.41. The van der Waals surface area contributed by atoms with E-state index in [0.29, 0.717) is 5.75 Å². The molecule has 1 atom stereocenters. The topological polar surface area (TPSA) is 66.4 Å². The summed E-state index contributed by atoms with van der Waals surface area (Å²) in [4.78, 5) is 21.7. The standard InChI is InChI=1S/C13H15NO3S/c1-10(15)14-12(13(16)17)9-18-8-7-11-5-3-2-4-6-11/h2-8,12H,9H2,1H3,(H,14,15)(H,16,17)/b8-7-/t12-/m0/s1. The molecule has 0 radical (unpaired) electrons. The molecule has 4 nitrogen and oxygen atoms in total. The van der Waals surface area contributed by atoms with Gasteiger partial charge < -0.3 is 10.4 Å². The zero-order valence-electron chi connectivity index (χ0n) is 10.00. The number of amides is 1. The minimum absolute atomic E-state index is 0.304. The van der Waals surface area contributed by atoms with Crippen LogP contribution in [0.1, 0.15) is 12.5 Å². The van der Waals surface area contributed by atoms with Crippen LogP contribution < -0.4 is 5.32 Å². The Bertz CT molecular complexity index is 431. The van der Waals surface area contributed by atoms with Gasteiger partial charge in [0.1, 0.15) is 6.04 Å². The average Bonchev–Trinajstić information content (AvgIpc) is 2.33. The predicted octanol–water partition coefficient (Wildman–Crippen LogP) is 1.98. The molecule has 96 valence electrons. The van der Waals surface area contributed by atoms with E-state index in [1.165, 1.54) is 18.7 Å². The Balaban J connectivity index is 2.41. The average molecular weight is 265 g/mol. The summed E-state index contributed by atoms with van der Waals surface area (Å²) in [6.45, 7) is 1.31. The SMILES string of the molecule is CC(=O)N[C@@H](CS/C=C\c1ccccc1)C(=O)O. The number of rotatable bonds is 6. The van der Waals surface area contributed by atoms with E-state index in [4.69, 9.17) is 5.11 Å². The van der Waals surface area contributed by atoms with Gasteiger partial charge in [0.05, 0.1) is 0 Å². The Labute approximate surface area is 110 Å². The molecule has 0 saturated carbocycles. The molecule has 0 spiro atoms. The fourth-order valence-corrected chi connectivity index (χ4v) is 2.05. The Kier molecular flexibility index (Phi) is 6.00. The molecular formula is C13H15NO3S. The maximum absolute atomic E-state index is 10.8. The number of nitrogens with one attached hydrogen (secondary N) is 1. The lowest BCUT2D eigenvalue weighted by molar-refractivity contribution is -0.140. The summed E-state index contributed by atoms with van der Waals surface area (Å²) in [6.07, 6.45) is 1.90. The summed E-state index contributed by atoms with van der Waals surface area (Å²) in [5.41, 5.74) is 1.05. The van der Waals surface area contributed by atoms with Crippen LogP contribution in [0.3, 0.4) is 0 Å². The van der Waals surface area contributed by atoms with Gasteiger partial charge in [-0.1, -0.05) is 30.3 Å². The highest BCUT2D eigenvalue weighted by molar-refractivity contribution is 8.02. The van der Waals surface area contributed by atoms with Gasteiger partial charge in [0.15, 0.2) is 0 Å². The summed E-state index contributed by atoms with van der Waals surface area (Å²) in [7, 11) is 0. The fraction of sp³-hybridized carbons (Fsp3) is 0.231. The summed E-state index contributed by atoms with van der Waals surface area (Å²) >= 11 is 1.35. The molecule has 0 aliphatic heterocycles. The molecule has 0 saturated heterocycles. The summed E-state index contributed by atoms with van der Waals surface area (Å²) in [5, 5.41) is 13.1. The van der Waals surface area contributed by atoms with Crippen molar-refractivity contribution in [2.24, 2.45) is 0 Å². The molecule has 0 aliphatic carbocycles. The molecule has 0 bridgehead atoms. The lowest BCUT2D eigenvalue weighted by Gasteiger charge is -2.10. The van der Waals surface area contributed by atoms with Gasteiger partial charge in [0.25, 0.3) is 0 Å². The molecule has 0 unspecified atom stereocenters. The second-order valence-electron chi connectivity index (χ2n) is 3.64. The first-order valence-corrected chi connectivity index (χ1v) is 6.47. The molecule has 18 heavy (non-hydrogen) atoms. The molecule has 1 rings (SSSR count). The van der Waals surface area contributed by atoms with Crippen LogP contribution in [0.25, 0.3) is 6.08 Å². The van der Waals surface area contributed by atoms with Gasteiger partial charge >= 0.3 is 5.97 Å². The number of benzene rings is 1. The summed E-state index contributed by atoms with van der Waals surface area (Å²) < 4.78 is 0. The molecule has 1 amide bonds. The van der Waals surface area contributed by atoms with Crippen LogP contribution in [0.5, 0.6) is 0 Å². The first-order valence-electron chi connectivity index (χ1n) is 5.42. The van der Waals surface area contributed by atoms with E-state index in [1.807, 2.05) is 41.8 Å². The zero-order chi connectivity index (χ0) is 13.4. The summed E-state index contributed by atoms with van der Waals surface area (Å²) in [5.74, 6) is -1.06. The maximum atomic E-state index is 10.8. The second-order valence-corrected chi connectivity index (χ2v) is 4.58. The minimum atomic E-state index is -1.02. The Hall–Kier alpha value is -1.75. The van der Waals surface area contributed by atoms with Gasteiger partial charge in [-0.05, 0) is 17.0 Å². The number of aliphatic carboxylic acids is 1. The number of carboxylic acids is 1. The van der Waals surface area contributed by atoms with E-state index in [1.54, 1.807) is 0 Å².